The fourth-order valence-electron chi connectivity index (χ4n) is 3.14. The van der Waals surface area contributed by atoms with Gasteiger partial charge in [-0.25, -0.2) is 0 Å². The highest BCUT2D eigenvalue weighted by molar-refractivity contribution is 5.32. The topological polar surface area (TPSA) is 29.3 Å². The van der Waals surface area contributed by atoms with Crippen molar-refractivity contribution in [1.29, 1.82) is 0 Å². The van der Waals surface area contributed by atoms with Gasteiger partial charge in [-0.1, -0.05) is 18.2 Å². The van der Waals surface area contributed by atoms with Gasteiger partial charge in [0.15, 0.2) is 0 Å². The molecular formula is C16H23F3N2. The van der Waals surface area contributed by atoms with Crippen LogP contribution < -0.4 is 5.73 Å². The van der Waals surface area contributed by atoms with Gasteiger partial charge in [-0.15, -0.1) is 0 Å². The SMILES string of the molecule is CC(N)C1CCCN(C(C)c2ccccc2C(F)(F)F)C1. The molecule has 5 heteroatoms. The van der Waals surface area contributed by atoms with Crippen LogP contribution in [0.3, 0.4) is 0 Å². The van der Waals surface area contributed by atoms with Gasteiger partial charge in [0.1, 0.15) is 0 Å². The van der Waals surface area contributed by atoms with Gasteiger partial charge in [-0.3, -0.25) is 4.90 Å². The number of alkyl halides is 3. The fraction of sp³-hybridized carbons (Fsp3) is 0.625. The number of halogens is 3. The molecule has 1 saturated heterocycles. The molecule has 2 N–H and O–H groups in total. The molecule has 0 radical (unpaired) electrons. The van der Waals surface area contributed by atoms with Crippen molar-refractivity contribution in [3.8, 4) is 0 Å². The molecule has 2 rings (SSSR count). The molecule has 118 valence electrons. The van der Waals surface area contributed by atoms with Crippen molar-refractivity contribution in [1.82, 2.24) is 4.90 Å². The summed E-state index contributed by atoms with van der Waals surface area (Å²) in [6.07, 6.45) is -2.26. The Balaban J connectivity index is 2.22. The standard InChI is InChI=1S/C16H23F3N2/c1-11(20)13-6-5-9-21(10-13)12(2)14-7-3-4-8-15(14)16(17,18)19/h3-4,7-8,11-13H,5-6,9-10,20H2,1-2H3. The Morgan fingerprint density at radius 2 is 1.90 bits per heavy atom. The van der Waals surface area contributed by atoms with Gasteiger partial charge >= 0.3 is 6.18 Å². The van der Waals surface area contributed by atoms with Crippen LogP contribution >= 0.6 is 0 Å². The van der Waals surface area contributed by atoms with E-state index in [2.05, 4.69) is 4.90 Å². The number of likely N-dealkylation sites (tertiary alicyclic amines) is 1. The Morgan fingerprint density at radius 3 is 2.52 bits per heavy atom. The maximum absolute atomic E-state index is 13.1. The van der Waals surface area contributed by atoms with Gasteiger partial charge in [0.05, 0.1) is 5.56 Å². The second-order valence-electron chi connectivity index (χ2n) is 6.02. The average Bonchev–Trinajstić information content (AvgIpc) is 2.45. The van der Waals surface area contributed by atoms with E-state index in [0.29, 0.717) is 11.5 Å². The first-order valence-corrected chi connectivity index (χ1v) is 7.46. The van der Waals surface area contributed by atoms with Crippen molar-refractivity contribution in [2.75, 3.05) is 13.1 Å². The van der Waals surface area contributed by atoms with Crippen molar-refractivity contribution in [3.63, 3.8) is 0 Å². The molecule has 1 aliphatic rings. The van der Waals surface area contributed by atoms with Crippen molar-refractivity contribution >= 4 is 0 Å². The lowest BCUT2D eigenvalue weighted by Gasteiger charge is -2.39. The number of nitrogens with two attached hydrogens (primary N) is 1. The number of hydrogen-bond acceptors (Lipinski definition) is 2. The fourth-order valence-corrected chi connectivity index (χ4v) is 3.14. The summed E-state index contributed by atoms with van der Waals surface area (Å²) in [5.74, 6) is 0.360. The second kappa shape index (κ2) is 6.36. The maximum atomic E-state index is 13.1. The van der Waals surface area contributed by atoms with Crippen molar-refractivity contribution < 1.29 is 13.2 Å². The Morgan fingerprint density at radius 1 is 1.24 bits per heavy atom. The Kier molecular flexibility index (Phi) is 4.94. The van der Waals surface area contributed by atoms with Gasteiger partial charge in [-0.05, 0) is 50.8 Å². The number of benzene rings is 1. The predicted molar refractivity (Wildman–Crippen MR) is 77.8 cm³/mol. The lowest BCUT2D eigenvalue weighted by molar-refractivity contribution is -0.138. The van der Waals surface area contributed by atoms with E-state index in [1.54, 1.807) is 12.1 Å². The molecule has 0 aromatic heterocycles. The smallest absolute Gasteiger partial charge is 0.328 e. The van der Waals surface area contributed by atoms with Crippen LogP contribution in [0.15, 0.2) is 24.3 Å². The number of hydrogen-bond donors (Lipinski definition) is 1. The highest BCUT2D eigenvalue weighted by Crippen LogP contribution is 2.37. The molecule has 21 heavy (non-hydrogen) atoms. The van der Waals surface area contributed by atoms with Crippen molar-refractivity contribution in [2.45, 2.75) is 44.9 Å². The third-order valence-electron chi connectivity index (χ3n) is 4.50. The van der Waals surface area contributed by atoms with Crippen LogP contribution in [0.5, 0.6) is 0 Å². The molecule has 0 amide bonds. The van der Waals surface area contributed by atoms with E-state index in [4.69, 9.17) is 5.73 Å². The molecule has 3 unspecified atom stereocenters. The molecule has 1 aromatic carbocycles. The lowest BCUT2D eigenvalue weighted by atomic mass is 9.90. The summed E-state index contributed by atoms with van der Waals surface area (Å²) < 4.78 is 39.4. The van der Waals surface area contributed by atoms with Crippen LogP contribution in [-0.2, 0) is 6.18 Å². The van der Waals surface area contributed by atoms with Crippen molar-refractivity contribution in [2.24, 2.45) is 11.7 Å². The summed E-state index contributed by atoms with van der Waals surface area (Å²) in [4.78, 5) is 2.13. The summed E-state index contributed by atoms with van der Waals surface area (Å²) >= 11 is 0. The highest BCUT2D eigenvalue weighted by Gasteiger charge is 2.36. The minimum atomic E-state index is -4.30. The zero-order chi connectivity index (χ0) is 15.6. The van der Waals surface area contributed by atoms with E-state index in [9.17, 15) is 13.2 Å². The van der Waals surface area contributed by atoms with Gasteiger partial charge in [0.25, 0.3) is 0 Å². The minimum absolute atomic E-state index is 0.0814. The normalized spacial score (nSPS) is 23.8. The third kappa shape index (κ3) is 3.77. The average molecular weight is 300 g/mol. The molecule has 0 spiro atoms. The summed E-state index contributed by atoms with van der Waals surface area (Å²) in [7, 11) is 0. The molecular weight excluding hydrogens is 277 g/mol. The monoisotopic (exact) mass is 300 g/mol. The Hall–Kier alpha value is -1.07. The quantitative estimate of drug-likeness (QED) is 0.919. The Labute approximate surface area is 124 Å². The molecule has 0 saturated carbocycles. The molecule has 1 aliphatic heterocycles. The third-order valence-corrected chi connectivity index (χ3v) is 4.50. The lowest BCUT2D eigenvalue weighted by Crippen LogP contribution is -2.43. The number of piperidine rings is 1. The van der Waals surface area contributed by atoms with E-state index in [0.717, 1.165) is 25.9 Å². The summed E-state index contributed by atoms with van der Waals surface area (Å²) in [6.45, 7) is 5.43. The molecule has 1 aromatic rings. The van der Waals surface area contributed by atoms with Gasteiger partial charge < -0.3 is 5.73 Å². The van der Waals surface area contributed by atoms with Crippen LogP contribution in [0.25, 0.3) is 0 Å². The minimum Gasteiger partial charge on any atom is -0.328 e. The first-order chi connectivity index (χ1) is 9.80. The van der Waals surface area contributed by atoms with Gasteiger partial charge in [0, 0.05) is 18.6 Å². The first-order valence-electron chi connectivity index (χ1n) is 7.46. The zero-order valence-corrected chi connectivity index (χ0v) is 12.5. The number of nitrogens with zero attached hydrogens (tertiary/aromatic N) is 1. The van der Waals surface area contributed by atoms with E-state index in [-0.39, 0.29) is 12.1 Å². The molecule has 2 nitrogen and oxygen atoms in total. The van der Waals surface area contributed by atoms with E-state index in [1.165, 1.54) is 12.1 Å². The van der Waals surface area contributed by atoms with Crippen LogP contribution in [0.4, 0.5) is 13.2 Å². The van der Waals surface area contributed by atoms with Crippen molar-refractivity contribution in [3.05, 3.63) is 35.4 Å². The van der Waals surface area contributed by atoms with Gasteiger partial charge in [0.2, 0.25) is 0 Å². The second-order valence-corrected chi connectivity index (χ2v) is 6.02. The maximum Gasteiger partial charge on any atom is 0.416 e. The molecule has 1 heterocycles. The molecule has 0 bridgehead atoms. The molecule has 3 atom stereocenters. The van der Waals surface area contributed by atoms with E-state index < -0.39 is 11.7 Å². The van der Waals surface area contributed by atoms with Crippen LogP contribution in [0.2, 0.25) is 0 Å². The highest BCUT2D eigenvalue weighted by atomic mass is 19.4. The van der Waals surface area contributed by atoms with Crippen LogP contribution in [0, 0.1) is 5.92 Å². The number of rotatable bonds is 3. The first kappa shape index (κ1) is 16.3. The largest absolute Gasteiger partial charge is 0.416 e. The summed E-state index contributed by atoms with van der Waals surface area (Å²) in [5.41, 5.74) is 5.79. The summed E-state index contributed by atoms with van der Waals surface area (Å²) in [5, 5.41) is 0. The van der Waals surface area contributed by atoms with Crippen LogP contribution in [-0.4, -0.2) is 24.0 Å². The van der Waals surface area contributed by atoms with E-state index in [1.807, 2.05) is 13.8 Å². The molecule has 0 aliphatic carbocycles. The van der Waals surface area contributed by atoms with Crippen LogP contribution in [0.1, 0.15) is 43.9 Å². The zero-order valence-electron chi connectivity index (χ0n) is 12.5. The van der Waals surface area contributed by atoms with Gasteiger partial charge in [-0.2, -0.15) is 13.2 Å². The summed E-state index contributed by atoms with van der Waals surface area (Å²) in [6, 6.07) is 5.71. The molecule has 1 fully saturated rings. The Bertz CT molecular complexity index is 471. The van der Waals surface area contributed by atoms with E-state index >= 15 is 0 Å². The predicted octanol–water partition coefficient (Wildman–Crippen LogP) is 3.83.